The van der Waals surface area contributed by atoms with Gasteiger partial charge < -0.3 is 19.3 Å². The highest BCUT2D eigenvalue weighted by molar-refractivity contribution is 5.98. The second-order valence-electron chi connectivity index (χ2n) is 9.31. The molecule has 0 radical (unpaired) electrons. The number of aromatic nitrogens is 2. The summed E-state index contributed by atoms with van der Waals surface area (Å²) in [6, 6.07) is 17.9. The van der Waals surface area contributed by atoms with Crippen LogP contribution in [0.3, 0.4) is 0 Å². The van der Waals surface area contributed by atoms with Crippen LogP contribution in [0, 0.1) is 12.7 Å². The van der Waals surface area contributed by atoms with Crippen molar-refractivity contribution in [1.29, 1.82) is 0 Å². The van der Waals surface area contributed by atoms with Crippen molar-refractivity contribution in [2.45, 2.75) is 32.9 Å². The fraction of sp³-hybridized carbons (Fsp3) is 0.241. The number of aryl methyl sites for hydroxylation is 1. The molecule has 0 fully saturated rings. The molecular weight excluding hydrogens is 489 g/mol. The summed E-state index contributed by atoms with van der Waals surface area (Å²) >= 11 is 0. The Morgan fingerprint density at radius 3 is 2.42 bits per heavy atom. The Bertz CT molecular complexity index is 1500. The maximum atomic E-state index is 14.9. The molecule has 0 atom stereocenters. The molecule has 0 bridgehead atoms. The van der Waals surface area contributed by atoms with Crippen LogP contribution in [0.2, 0.25) is 0 Å². The number of carbonyl (C=O) groups excluding carboxylic acids is 2. The summed E-state index contributed by atoms with van der Waals surface area (Å²) in [5, 5.41) is 6.47. The van der Waals surface area contributed by atoms with Gasteiger partial charge in [0.05, 0.1) is 19.3 Å². The number of hydrogen-bond acceptors (Lipinski definition) is 7. The smallest absolute Gasteiger partial charge is 0.330 e. The highest BCUT2D eigenvalue weighted by Crippen LogP contribution is 2.32. The Morgan fingerprint density at radius 1 is 1.00 bits per heavy atom. The van der Waals surface area contributed by atoms with Gasteiger partial charge in [0.1, 0.15) is 11.4 Å². The molecule has 1 amide bonds. The summed E-state index contributed by atoms with van der Waals surface area (Å²) in [7, 11) is 2.84. The number of halogens is 1. The molecule has 0 aliphatic carbocycles. The van der Waals surface area contributed by atoms with Gasteiger partial charge in [-0.05, 0) is 67.3 Å². The summed E-state index contributed by atoms with van der Waals surface area (Å²) < 4.78 is 30.4. The first-order valence-electron chi connectivity index (χ1n) is 11.9. The van der Waals surface area contributed by atoms with Crippen LogP contribution in [0.15, 0.2) is 65.2 Å². The fourth-order valence-corrected chi connectivity index (χ4v) is 4.09. The third kappa shape index (κ3) is 5.47. The van der Waals surface area contributed by atoms with Gasteiger partial charge in [0.25, 0.3) is 11.8 Å². The molecule has 0 aliphatic rings. The number of nitrogens with zero attached hydrogens (tertiary/aromatic N) is 2. The van der Waals surface area contributed by atoms with E-state index in [9.17, 15) is 14.0 Å². The van der Waals surface area contributed by atoms with E-state index in [1.165, 1.54) is 33.1 Å². The average molecular weight is 518 g/mol. The van der Waals surface area contributed by atoms with Gasteiger partial charge in [0.15, 0.2) is 0 Å². The number of benzene rings is 3. The van der Waals surface area contributed by atoms with Gasteiger partial charge in [0, 0.05) is 18.2 Å². The van der Waals surface area contributed by atoms with Crippen molar-refractivity contribution in [3.8, 4) is 34.0 Å². The molecule has 0 saturated heterocycles. The average Bonchev–Trinajstić information content (AvgIpc) is 3.39. The van der Waals surface area contributed by atoms with Crippen LogP contribution in [-0.2, 0) is 20.9 Å². The van der Waals surface area contributed by atoms with Crippen LogP contribution < -0.4 is 5.32 Å². The van der Waals surface area contributed by atoms with Crippen LogP contribution in [0.4, 0.5) is 4.39 Å². The van der Waals surface area contributed by atoms with E-state index in [0.29, 0.717) is 17.7 Å². The Morgan fingerprint density at radius 2 is 1.74 bits per heavy atom. The highest BCUT2D eigenvalue weighted by atomic mass is 19.1. The van der Waals surface area contributed by atoms with Gasteiger partial charge in [0.2, 0.25) is 5.82 Å². The first kappa shape index (κ1) is 26.7. The number of nitrogens with one attached hydrogen (secondary N) is 1. The fourth-order valence-electron chi connectivity index (χ4n) is 4.09. The quantitative estimate of drug-likeness (QED) is 0.315. The molecule has 0 spiro atoms. The molecule has 3 aromatic carbocycles. The molecule has 4 aromatic rings. The molecule has 1 aromatic heterocycles. The van der Waals surface area contributed by atoms with E-state index in [4.69, 9.17) is 9.26 Å². The Balaban J connectivity index is 1.60. The summed E-state index contributed by atoms with van der Waals surface area (Å²) in [5.74, 6) is -1.77. The summed E-state index contributed by atoms with van der Waals surface area (Å²) in [5.41, 5.74) is 3.71. The lowest BCUT2D eigenvalue weighted by molar-refractivity contribution is -0.146. The van der Waals surface area contributed by atoms with Crippen LogP contribution in [0.1, 0.15) is 35.3 Å². The maximum absolute atomic E-state index is 14.9. The summed E-state index contributed by atoms with van der Waals surface area (Å²) in [4.78, 5) is 28.8. The van der Waals surface area contributed by atoms with Gasteiger partial charge in [-0.15, -0.1) is 0 Å². The number of hydrogen-bond donors (Lipinski definition) is 1. The summed E-state index contributed by atoms with van der Waals surface area (Å²) in [6.45, 7) is 5.38. The minimum atomic E-state index is -1.32. The number of esters is 1. The van der Waals surface area contributed by atoms with Crippen molar-refractivity contribution >= 4 is 11.9 Å². The second kappa shape index (κ2) is 10.9. The van der Waals surface area contributed by atoms with Gasteiger partial charge in [-0.2, -0.15) is 4.98 Å². The number of ether oxygens (including phenoxy) is 2. The van der Waals surface area contributed by atoms with Crippen LogP contribution >= 0.6 is 0 Å². The van der Waals surface area contributed by atoms with E-state index in [1.54, 1.807) is 7.11 Å². The van der Waals surface area contributed by atoms with E-state index in [-0.39, 0.29) is 17.3 Å². The van der Waals surface area contributed by atoms with Crippen molar-refractivity contribution in [2.75, 3.05) is 14.2 Å². The van der Waals surface area contributed by atoms with Crippen molar-refractivity contribution < 1.29 is 28.0 Å². The Labute approximate surface area is 219 Å². The largest absolute Gasteiger partial charge is 0.467 e. The number of methoxy groups -OCH3 is 2. The van der Waals surface area contributed by atoms with Crippen LogP contribution in [-0.4, -0.2) is 41.8 Å². The summed E-state index contributed by atoms with van der Waals surface area (Å²) in [6.07, 6.45) is 0. The second-order valence-corrected chi connectivity index (χ2v) is 9.31. The zero-order valence-corrected chi connectivity index (χ0v) is 21.8. The lowest BCUT2D eigenvalue weighted by atomic mass is 9.94. The van der Waals surface area contributed by atoms with Crippen molar-refractivity contribution in [1.82, 2.24) is 15.5 Å². The Hall–Kier alpha value is -4.37. The third-order valence-electron chi connectivity index (χ3n) is 6.11. The SMILES string of the molecule is COCc1cc(-c2nc(-c3ccc(C(=O)NC(C)(C)C(=O)OC)c(F)c3)no2)ccc1-c1ccccc1C. The molecule has 9 heteroatoms. The number of carbonyl (C=O) groups is 2. The standard InChI is InChI=1S/C29H28FN3O5/c1-17-8-6-7-9-21(17)22-12-11-19(14-20(22)16-36-4)27-31-25(33-38-27)18-10-13-23(24(30)15-18)26(34)32-29(2,3)28(35)37-5/h6-15H,16H2,1-5H3,(H,32,34). The lowest BCUT2D eigenvalue weighted by Crippen LogP contribution is -2.50. The molecule has 4 rings (SSSR count). The highest BCUT2D eigenvalue weighted by Gasteiger charge is 2.31. The van der Waals surface area contributed by atoms with Gasteiger partial charge >= 0.3 is 5.97 Å². The topological polar surface area (TPSA) is 104 Å². The van der Waals surface area contributed by atoms with Crippen LogP contribution in [0.5, 0.6) is 0 Å². The predicted molar refractivity (Wildman–Crippen MR) is 140 cm³/mol. The minimum absolute atomic E-state index is 0.164. The minimum Gasteiger partial charge on any atom is -0.467 e. The van der Waals surface area contributed by atoms with Crippen molar-refractivity contribution in [2.24, 2.45) is 0 Å². The van der Waals surface area contributed by atoms with E-state index in [0.717, 1.165) is 28.3 Å². The van der Waals surface area contributed by atoms with E-state index in [1.807, 2.05) is 30.3 Å². The van der Waals surface area contributed by atoms with E-state index >= 15 is 0 Å². The predicted octanol–water partition coefficient (Wildman–Crippen LogP) is 5.35. The normalized spacial score (nSPS) is 11.3. The van der Waals surface area contributed by atoms with Gasteiger partial charge in [-0.1, -0.05) is 41.6 Å². The monoisotopic (exact) mass is 517 g/mol. The molecule has 196 valence electrons. The zero-order chi connectivity index (χ0) is 27.4. The van der Waals surface area contributed by atoms with Gasteiger partial charge in [-0.25, -0.2) is 9.18 Å². The molecule has 1 N–H and O–H groups in total. The third-order valence-corrected chi connectivity index (χ3v) is 6.11. The van der Waals surface area contributed by atoms with Crippen LogP contribution in [0.25, 0.3) is 34.0 Å². The zero-order valence-electron chi connectivity index (χ0n) is 21.8. The number of amides is 1. The lowest BCUT2D eigenvalue weighted by Gasteiger charge is -2.23. The van der Waals surface area contributed by atoms with Crippen molar-refractivity contribution in [3.05, 3.63) is 83.2 Å². The van der Waals surface area contributed by atoms with Crippen molar-refractivity contribution in [3.63, 3.8) is 0 Å². The molecule has 0 aliphatic heterocycles. The first-order valence-corrected chi connectivity index (χ1v) is 11.9. The first-order chi connectivity index (χ1) is 18.1. The van der Waals surface area contributed by atoms with Gasteiger partial charge in [-0.3, -0.25) is 4.79 Å². The molecular formula is C29H28FN3O5. The molecule has 0 saturated carbocycles. The van der Waals surface area contributed by atoms with E-state index < -0.39 is 23.2 Å². The number of rotatable bonds is 8. The Kier molecular flexibility index (Phi) is 7.68. The molecule has 1 heterocycles. The maximum Gasteiger partial charge on any atom is 0.330 e. The molecule has 38 heavy (non-hydrogen) atoms. The molecule has 0 unspecified atom stereocenters. The van der Waals surface area contributed by atoms with E-state index in [2.05, 4.69) is 39.3 Å². The molecule has 8 nitrogen and oxygen atoms in total.